The highest BCUT2D eigenvalue weighted by molar-refractivity contribution is 6.04. The molecule has 1 aromatic rings. The van der Waals surface area contributed by atoms with Crippen molar-refractivity contribution < 1.29 is 14.1 Å². The molecule has 20 heavy (non-hydrogen) atoms. The summed E-state index contributed by atoms with van der Waals surface area (Å²) in [4.78, 5) is 29.4. The minimum Gasteiger partial charge on any atom is -0.339 e. The van der Waals surface area contributed by atoms with E-state index < -0.39 is 6.04 Å². The third kappa shape index (κ3) is 2.17. The highest BCUT2D eigenvalue weighted by Gasteiger charge is 2.41. The summed E-state index contributed by atoms with van der Waals surface area (Å²) in [5, 5.41) is 6.46. The standard InChI is InChI=1S/C13H18N4O3/c1-7-12(18)17(13(19)14-7)10-5-3-9(4-6-10)11-15-8(2)16-20-11/h7,9-10H,3-6H2,1-2H3,(H,14,19)/t7-,9?,10?/m1/s1. The second kappa shape index (κ2) is 4.88. The molecule has 1 aliphatic heterocycles. The molecule has 7 heteroatoms. The minimum atomic E-state index is -0.404. The Morgan fingerprint density at radius 2 is 1.95 bits per heavy atom. The Kier molecular flexibility index (Phi) is 3.19. The van der Waals surface area contributed by atoms with E-state index in [1.54, 1.807) is 13.8 Å². The van der Waals surface area contributed by atoms with E-state index in [1.807, 2.05) is 0 Å². The zero-order valence-corrected chi connectivity index (χ0v) is 11.6. The molecule has 1 atom stereocenters. The van der Waals surface area contributed by atoms with E-state index in [1.165, 1.54) is 4.90 Å². The third-order valence-electron chi connectivity index (χ3n) is 4.12. The van der Waals surface area contributed by atoms with Gasteiger partial charge in [0.1, 0.15) is 6.04 Å². The lowest BCUT2D eigenvalue weighted by Gasteiger charge is -2.31. The van der Waals surface area contributed by atoms with Crippen LogP contribution < -0.4 is 5.32 Å². The number of imide groups is 1. The van der Waals surface area contributed by atoms with Gasteiger partial charge >= 0.3 is 6.03 Å². The van der Waals surface area contributed by atoms with Gasteiger partial charge in [-0.25, -0.2) is 4.79 Å². The third-order valence-corrected chi connectivity index (χ3v) is 4.12. The maximum Gasteiger partial charge on any atom is 0.325 e. The van der Waals surface area contributed by atoms with Crippen LogP contribution in [0.25, 0.3) is 0 Å². The van der Waals surface area contributed by atoms with Crippen molar-refractivity contribution in [2.75, 3.05) is 0 Å². The van der Waals surface area contributed by atoms with Gasteiger partial charge in [-0.15, -0.1) is 0 Å². The fraction of sp³-hybridized carbons (Fsp3) is 0.692. The van der Waals surface area contributed by atoms with Crippen LogP contribution in [0.2, 0.25) is 0 Å². The van der Waals surface area contributed by atoms with Gasteiger partial charge in [-0.05, 0) is 39.5 Å². The van der Waals surface area contributed by atoms with Gasteiger partial charge in [0.25, 0.3) is 5.91 Å². The summed E-state index contributed by atoms with van der Waals surface area (Å²) in [6.07, 6.45) is 3.30. The first kappa shape index (κ1) is 13.1. The van der Waals surface area contributed by atoms with E-state index in [2.05, 4.69) is 15.5 Å². The van der Waals surface area contributed by atoms with Gasteiger partial charge in [0.05, 0.1) is 0 Å². The molecule has 3 rings (SSSR count). The maximum atomic E-state index is 12.0. The van der Waals surface area contributed by atoms with Gasteiger partial charge < -0.3 is 9.84 Å². The summed E-state index contributed by atoms with van der Waals surface area (Å²) in [5.74, 6) is 1.44. The second-order valence-electron chi connectivity index (χ2n) is 5.56. The van der Waals surface area contributed by atoms with Crippen molar-refractivity contribution in [2.24, 2.45) is 0 Å². The summed E-state index contributed by atoms with van der Waals surface area (Å²) in [5.41, 5.74) is 0. The van der Waals surface area contributed by atoms with Crippen molar-refractivity contribution >= 4 is 11.9 Å². The van der Waals surface area contributed by atoms with Crippen LogP contribution in [0.5, 0.6) is 0 Å². The van der Waals surface area contributed by atoms with Gasteiger partial charge in [0.15, 0.2) is 5.82 Å². The topological polar surface area (TPSA) is 88.3 Å². The molecule has 0 unspecified atom stereocenters. The first-order valence-corrected chi connectivity index (χ1v) is 7.00. The number of nitrogens with one attached hydrogen (secondary N) is 1. The molecule has 0 radical (unpaired) electrons. The predicted molar refractivity (Wildman–Crippen MR) is 68.9 cm³/mol. The molecule has 1 N–H and O–H groups in total. The molecule has 7 nitrogen and oxygen atoms in total. The molecule has 0 aromatic carbocycles. The van der Waals surface area contributed by atoms with Crippen molar-refractivity contribution in [1.29, 1.82) is 0 Å². The Bertz CT molecular complexity index is 533. The number of hydrogen-bond acceptors (Lipinski definition) is 5. The number of aryl methyl sites for hydroxylation is 1. The molecule has 108 valence electrons. The number of carbonyl (C=O) groups is 2. The van der Waals surface area contributed by atoms with Crippen LogP contribution in [-0.4, -0.2) is 39.1 Å². The number of nitrogens with zero attached hydrogens (tertiary/aromatic N) is 3. The number of carbonyl (C=O) groups excluding carboxylic acids is 2. The molecule has 0 spiro atoms. The minimum absolute atomic E-state index is 0.00674. The smallest absolute Gasteiger partial charge is 0.325 e. The maximum absolute atomic E-state index is 12.0. The number of urea groups is 1. The first-order chi connectivity index (χ1) is 9.56. The van der Waals surface area contributed by atoms with Crippen LogP contribution in [0, 0.1) is 6.92 Å². The monoisotopic (exact) mass is 278 g/mol. The van der Waals surface area contributed by atoms with Gasteiger partial charge in [-0.2, -0.15) is 4.98 Å². The molecule has 2 heterocycles. The van der Waals surface area contributed by atoms with Crippen LogP contribution in [0.15, 0.2) is 4.52 Å². The molecule has 0 bridgehead atoms. The van der Waals surface area contributed by atoms with Crippen molar-refractivity contribution in [3.8, 4) is 0 Å². The highest BCUT2D eigenvalue weighted by atomic mass is 16.5. The molecule has 2 aliphatic rings. The van der Waals surface area contributed by atoms with Crippen molar-refractivity contribution in [3.05, 3.63) is 11.7 Å². The second-order valence-corrected chi connectivity index (χ2v) is 5.56. The summed E-state index contributed by atoms with van der Waals surface area (Å²) in [6, 6.07) is -0.675. The Morgan fingerprint density at radius 1 is 1.25 bits per heavy atom. The van der Waals surface area contributed by atoms with E-state index in [4.69, 9.17) is 4.52 Å². The summed E-state index contributed by atoms with van der Waals surface area (Å²) in [7, 11) is 0. The van der Waals surface area contributed by atoms with E-state index >= 15 is 0 Å². The zero-order chi connectivity index (χ0) is 14.3. The number of aromatic nitrogens is 2. The summed E-state index contributed by atoms with van der Waals surface area (Å²) in [6.45, 7) is 3.51. The van der Waals surface area contributed by atoms with Crippen molar-refractivity contribution in [1.82, 2.24) is 20.4 Å². The molecule has 1 saturated carbocycles. The Balaban J connectivity index is 1.64. The van der Waals surface area contributed by atoms with Crippen LogP contribution >= 0.6 is 0 Å². The lowest BCUT2D eigenvalue weighted by Crippen LogP contribution is -2.42. The van der Waals surface area contributed by atoms with E-state index in [-0.39, 0.29) is 23.9 Å². The Morgan fingerprint density at radius 3 is 2.45 bits per heavy atom. The normalized spacial score (nSPS) is 30.7. The fourth-order valence-corrected chi connectivity index (χ4v) is 3.03. The molecule has 1 aromatic heterocycles. The van der Waals surface area contributed by atoms with Crippen molar-refractivity contribution in [3.63, 3.8) is 0 Å². The zero-order valence-electron chi connectivity index (χ0n) is 11.6. The molecular weight excluding hydrogens is 260 g/mol. The molecular formula is C13H18N4O3. The van der Waals surface area contributed by atoms with Crippen LogP contribution in [0.1, 0.15) is 50.2 Å². The molecule has 1 aliphatic carbocycles. The van der Waals surface area contributed by atoms with E-state index in [9.17, 15) is 9.59 Å². The average Bonchev–Trinajstić information content (AvgIpc) is 2.95. The van der Waals surface area contributed by atoms with Crippen LogP contribution in [0.4, 0.5) is 4.79 Å². The molecule has 2 fully saturated rings. The Hall–Kier alpha value is -1.92. The molecule has 1 saturated heterocycles. The summed E-state index contributed by atoms with van der Waals surface area (Å²) >= 11 is 0. The van der Waals surface area contributed by atoms with E-state index in [0.717, 1.165) is 25.7 Å². The van der Waals surface area contributed by atoms with Gasteiger partial charge in [0, 0.05) is 12.0 Å². The van der Waals surface area contributed by atoms with Gasteiger partial charge in [0.2, 0.25) is 5.89 Å². The van der Waals surface area contributed by atoms with E-state index in [0.29, 0.717) is 11.7 Å². The average molecular weight is 278 g/mol. The fourth-order valence-electron chi connectivity index (χ4n) is 3.03. The van der Waals surface area contributed by atoms with Crippen LogP contribution in [0.3, 0.4) is 0 Å². The first-order valence-electron chi connectivity index (χ1n) is 7.00. The van der Waals surface area contributed by atoms with Crippen LogP contribution in [-0.2, 0) is 4.79 Å². The largest absolute Gasteiger partial charge is 0.339 e. The molecule has 3 amide bonds. The quantitative estimate of drug-likeness (QED) is 0.825. The number of rotatable bonds is 2. The van der Waals surface area contributed by atoms with Crippen molar-refractivity contribution in [2.45, 2.75) is 57.5 Å². The van der Waals surface area contributed by atoms with Gasteiger partial charge in [-0.3, -0.25) is 9.69 Å². The number of amides is 3. The highest BCUT2D eigenvalue weighted by Crippen LogP contribution is 2.34. The predicted octanol–water partition coefficient (Wildman–Crippen LogP) is 1.34. The SMILES string of the molecule is Cc1noc(C2CCC(N3C(=O)N[C@H](C)C3=O)CC2)n1. The lowest BCUT2D eigenvalue weighted by atomic mass is 9.85. The number of hydrogen-bond donors (Lipinski definition) is 1. The van der Waals surface area contributed by atoms with Gasteiger partial charge in [-0.1, -0.05) is 5.16 Å². The lowest BCUT2D eigenvalue weighted by molar-refractivity contribution is -0.129. The summed E-state index contributed by atoms with van der Waals surface area (Å²) < 4.78 is 5.20. The Labute approximate surface area is 116 Å².